The van der Waals surface area contributed by atoms with Crippen LogP contribution in [-0.2, 0) is 37.0 Å². The molecule has 3 N–H and O–H groups in total. The lowest BCUT2D eigenvalue weighted by atomic mass is 10.1. The van der Waals surface area contributed by atoms with Gasteiger partial charge in [0, 0.05) is 51.4 Å². The number of alkyl halides is 3. The fraction of sp³-hybridized carbons (Fsp3) is 0.462. The minimum atomic E-state index is -4.60. The first-order valence-electron chi connectivity index (χ1n) is 12.6. The second-order valence-corrected chi connectivity index (χ2v) is 10.9. The van der Waals surface area contributed by atoms with Crippen molar-refractivity contribution in [3.8, 4) is 6.07 Å². The maximum absolute atomic E-state index is 13.2. The minimum Gasteiger partial charge on any atom is -0.379 e. The van der Waals surface area contributed by atoms with Crippen molar-refractivity contribution in [1.29, 1.82) is 5.26 Å². The highest BCUT2D eigenvalue weighted by molar-refractivity contribution is 7.89. The van der Waals surface area contributed by atoms with Gasteiger partial charge in [-0.1, -0.05) is 12.1 Å². The number of rotatable bonds is 13. The average Bonchev–Trinajstić information content (AvgIpc) is 2.95. The number of anilines is 1. The van der Waals surface area contributed by atoms with Crippen LogP contribution >= 0.6 is 0 Å². The quantitative estimate of drug-likeness (QED) is 0.342. The number of carbonyl (C=O) groups excluding carboxylic acids is 1. The van der Waals surface area contributed by atoms with Gasteiger partial charge < -0.3 is 25.4 Å². The van der Waals surface area contributed by atoms with Crippen LogP contribution in [-0.4, -0.2) is 77.8 Å². The summed E-state index contributed by atoms with van der Waals surface area (Å²) in [4.78, 5) is 13.7. The van der Waals surface area contributed by atoms with Crippen molar-refractivity contribution in [2.45, 2.75) is 24.0 Å². The molecule has 1 fully saturated rings. The molecule has 10 nitrogen and oxygen atoms in total. The molecule has 0 aliphatic carbocycles. The van der Waals surface area contributed by atoms with Crippen LogP contribution in [0.2, 0.25) is 0 Å². The van der Waals surface area contributed by atoms with Crippen molar-refractivity contribution in [2.24, 2.45) is 5.73 Å². The SMILES string of the molecule is N#Cc1cc(N2CCN(S(=O)(=O)c3ccc(CNC(=O)CCOCCOCCN)cc3)CC2)cc(C(F)(F)F)c1. The molecule has 0 bridgehead atoms. The van der Waals surface area contributed by atoms with E-state index in [0.717, 1.165) is 12.1 Å². The molecule has 218 valence electrons. The van der Waals surface area contributed by atoms with Gasteiger partial charge in [-0.2, -0.15) is 22.7 Å². The van der Waals surface area contributed by atoms with Gasteiger partial charge in [-0.3, -0.25) is 4.79 Å². The summed E-state index contributed by atoms with van der Waals surface area (Å²) in [5.41, 5.74) is 5.20. The molecule has 2 aromatic rings. The first-order chi connectivity index (χ1) is 19.0. The topological polar surface area (TPSA) is 138 Å². The van der Waals surface area contributed by atoms with Gasteiger partial charge in [0.25, 0.3) is 0 Å². The van der Waals surface area contributed by atoms with Gasteiger partial charge in [-0.15, -0.1) is 0 Å². The van der Waals surface area contributed by atoms with E-state index in [2.05, 4.69) is 5.32 Å². The third kappa shape index (κ3) is 8.90. The van der Waals surface area contributed by atoms with Crippen molar-refractivity contribution < 1.29 is 35.9 Å². The molecule has 3 rings (SSSR count). The van der Waals surface area contributed by atoms with Crippen LogP contribution in [0, 0.1) is 11.3 Å². The Kier molecular flexibility index (Phi) is 11.3. The molecule has 0 unspecified atom stereocenters. The van der Waals surface area contributed by atoms with E-state index in [1.807, 2.05) is 0 Å². The Hall–Kier alpha value is -3.22. The van der Waals surface area contributed by atoms with Crippen molar-refractivity contribution >= 4 is 21.6 Å². The predicted octanol–water partition coefficient (Wildman–Crippen LogP) is 2.09. The Morgan fingerprint density at radius 1 is 1.00 bits per heavy atom. The Morgan fingerprint density at radius 2 is 1.65 bits per heavy atom. The number of carbonyl (C=O) groups is 1. The first-order valence-corrected chi connectivity index (χ1v) is 14.1. The molecule has 0 radical (unpaired) electrons. The van der Waals surface area contributed by atoms with Gasteiger partial charge in [0.15, 0.2) is 0 Å². The number of amides is 1. The molecule has 14 heteroatoms. The summed E-state index contributed by atoms with van der Waals surface area (Å²) in [7, 11) is -3.83. The van der Waals surface area contributed by atoms with Gasteiger partial charge in [-0.25, -0.2) is 8.42 Å². The van der Waals surface area contributed by atoms with Crippen LogP contribution in [0.1, 0.15) is 23.1 Å². The van der Waals surface area contributed by atoms with Crippen LogP contribution in [0.4, 0.5) is 18.9 Å². The van der Waals surface area contributed by atoms with Crippen LogP contribution in [0.5, 0.6) is 0 Å². The van der Waals surface area contributed by atoms with Crippen molar-refractivity contribution in [3.05, 3.63) is 59.2 Å². The van der Waals surface area contributed by atoms with E-state index in [4.69, 9.17) is 20.5 Å². The van der Waals surface area contributed by atoms with Gasteiger partial charge in [0.2, 0.25) is 15.9 Å². The van der Waals surface area contributed by atoms with Crippen molar-refractivity contribution in [2.75, 3.05) is 64.1 Å². The van der Waals surface area contributed by atoms with E-state index >= 15 is 0 Å². The third-order valence-electron chi connectivity index (χ3n) is 6.14. The fourth-order valence-electron chi connectivity index (χ4n) is 4.00. The lowest BCUT2D eigenvalue weighted by Crippen LogP contribution is -2.48. The highest BCUT2D eigenvalue weighted by Gasteiger charge is 2.33. The van der Waals surface area contributed by atoms with Gasteiger partial charge in [0.05, 0.1) is 48.5 Å². The van der Waals surface area contributed by atoms with E-state index < -0.39 is 21.8 Å². The second-order valence-electron chi connectivity index (χ2n) is 8.95. The van der Waals surface area contributed by atoms with E-state index in [9.17, 15) is 26.4 Å². The Balaban J connectivity index is 1.50. The monoisotopic (exact) mass is 583 g/mol. The maximum atomic E-state index is 13.2. The smallest absolute Gasteiger partial charge is 0.379 e. The number of piperazine rings is 1. The highest BCUT2D eigenvalue weighted by Crippen LogP contribution is 2.33. The van der Waals surface area contributed by atoms with E-state index in [-0.39, 0.29) is 67.8 Å². The molecule has 0 saturated carbocycles. The molecule has 1 saturated heterocycles. The average molecular weight is 584 g/mol. The minimum absolute atomic E-state index is 0.0689. The number of nitrogens with zero attached hydrogens (tertiary/aromatic N) is 3. The third-order valence-corrected chi connectivity index (χ3v) is 8.05. The van der Waals surface area contributed by atoms with Crippen molar-refractivity contribution in [1.82, 2.24) is 9.62 Å². The lowest BCUT2D eigenvalue weighted by Gasteiger charge is -2.35. The zero-order valence-corrected chi connectivity index (χ0v) is 22.6. The molecule has 40 heavy (non-hydrogen) atoms. The summed E-state index contributed by atoms with van der Waals surface area (Å²) in [6.07, 6.45) is -4.43. The molecule has 1 heterocycles. The normalized spacial score (nSPS) is 14.6. The molecule has 0 atom stereocenters. The van der Waals surface area contributed by atoms with Gasteiger partial charge >= 0.3 is 6.18 Å². The number of hydrogen-bond donors (Lipinski definition) is 2. The first kappa shape index (κ1) is 31.3. The zero-order chi connectivity index (χ0) is 29.2. The number of nitrogens with two attached hydrogens (primary N) is 1. The van der Waals surface area contributed by atoms with E-state index in [1.165, 1.54) is 22.5 Å². The number of nitriles is 1. The Labute approximate surface area is 231 Å². The van der Waals surface area contributed by atoms with Gasteiger partial charge in [-0.05, 0) is 35.9 Å². The lowest BCUT2D eigenvalue weighted by molar-refractivity contribution is -0.137. The number of ether oxygens (including phenoxy) is 2. The maximum Gasteiger partial charge on any atom is 0.416 e. The molecule has 2 aromatic carbocycles. The molecule has 1 amide bonds. The summed E-state index contributed by atoms with van der Waals surface area (Å²) < 4.78 is 77.7. The zero-order valence-electron chi connectivity index (χ0n) is 21.8. The molecule has 0 aromatic heterocycles. The highest BCUT2D eigenvalue weighted by atomic mass is 32.2. The molecule has 1 aliphatic rings. The number of benzene rings is 2. The van der Waals surface area contributed by atoms with Crippen LogP contribution < -0.4 is 16.0 Å². The van der Waals surface area contributed by atoms with Crippen LogP contribution in [0.25, 0.3) is 0 Å². The largest absolute Gasteiger partial charge is 0.416 e. The second kappa shape index (κ2) is 14.4. The molecular weight excluding hydrogens is 551 g/mol. The summed E-state index contributed by atoms with van der Waals surface area (Å²) >= 11 is 0. The van der Waals surface area contributed by atoms with Crippen LogP contribution in [0.15, 0.2) is 47.4 Å². The summed E-state index contributed by atoms with van der Waals surface area (Å²) in [5.74, 6) is -0.208. The molecule has 1 aliphatic heterocycles. The molecular formula is C26H32F3N5O5S. The summed E-state index contributed by atoms with van der Waals surface area (Å²) in [6, 6.07) is 11.0. The van der Waals surface area contributed by atoms with Crippen molar-refractivity contribution in [3.63, 3.8) is 0 Å². The predicted molar refractivity (Wildman–Crippen MR) is 141 cm³/mol. The van der Waals surface area contributed by atoms with Crippen LogP contribution in [0.3, 0.4) is 0 Å². The summed E-state index contributed by atoms with van der Waals surface area (Å²) in [6.45, 7) is 2.60. The number of hydrogen-bond acceptors (Lipinski definition) is 8. The van der Waals surface area contributed by atoms with Gasteiger partial charge in [0.1, 0.15) is 0 Å². The van der Waals surface area contributed by atoms with E-state index in [1.54, 1.807) is 23.1 Å². The Morgan fingerprint density at radius 3 is 2.25 bits per heavy atom. The standard InChI is InChI=1S/C26H32F3N5O5S/c27-26(28,29)22-15-21(18-31)16-23(17-22)33-7-9-34(10-8-33)40(36,37)24-3-1-20(2-4-24)19-32-25(35)5-11-38-13-14-39-12-6-30/h1-4,15-17H,5-14,19,30H2,(H,32,35). The molecule has 0 spiro atoms. The Bertz CT molecular complexity index is 1280. The number of sulfonamides is 1. The number of nitrogens with one attached hydrogen (secondary N) is 1. The summed E-state index contributed by atoms with van der Waals surface area (Å²) in [5, 5.41) is 11.9. The number of halogens is 3. The fourth-order valence-corrected chi connectivity index (χ4v) is 5.42. The van der Waals surface area contributed by atoms with E-state index in [0.29, 0.717) is 31.9 Å².